The molecule has 0 fully saturated rings. The predicted molar refractivity (Wildman–Crippen MR) is 86.8 cm³/mol. The van der Waals surface area contributed by atoms with Gasteiger partial charge in [-0.25, -0.2) is 8.42 Å². The normalized spacial score (nSPS) is 11.6. The molecule has 20 heavy (non-hydrogen) atoms. The molecule has 0 unspecified atom stereocenters. The molecule has 0 aliphatic rings. The van der Waals surface area contributed by atoms with Crippen molar-refractivity contribution in [2.75, 3.05) is 18.4 Å². The van der Waals surface area contributed by atoms with Gasteiger partial charge in [0.2, 0.25) is 0 Å². The molecule has 7 heteroatoms. The number of rotatable bonds is 5. The highest BCUT2D eigenvalue weighted by Gasteiger charge is 2.25. The van der Waals surface area contributed by atoms with Crippen molar-refractivity contribution in [3.63, 3.8) is 0 Å². The highest BCUT2D eigenvalue weighted by atomic mass is 79.9. The van der Waals surface area contributed by atoms with Gasteiger partial charge in [0.1, 0.15) is 4.90 Å². The van der Waals surface area contributed by atoms with Gasteiger partial charge in [0, 0.05) is 18.5 Å². The molecule has 1 N–H and O–H groups in total. The fraction of sp³-hybridized carbons (Fsp3) is 0.231. The van der Waals surface area contributed by atoms with Gasteiger partial charge in [0.05, 0.1) is 9.47 Å². The standard InChI is InChI=1S/C13H15BrN2O2S2/c1-15-9-11-8-12(13(14)19-11)20(17,18)16(2)10-6-4-3-5-7-10/h3-8,15H,9H2,1-2H3. The highest BCUT2D eigenvalue weighted by molar-refractivity contribution is 9.11. The molecule has 2 aromatic rings. The molecule has 0 amide bonds. The Hall–Kier alpha value is -0.890. The molecule has 1 heterocycles. The molecule has 0 spiro atoms. The van der Waals surface area contributed by atoms with Crippen LogP contribution in [0.25, 0.3) is 0 Å². The highest BCUT2D eigenvalue weighted by Crippen LogP contribution is 2.34. The van der Waals surface area contributed by atoms with Crippen LogP contribution in [-0.2, 0) is 16.6 Å². The molecular formula is C13H15BrN2O2S2. The van der Waals surface area contributed by atoms with Crippen LogP contribution in [0.4, 0.5) is 5.69 Å². The van der Waals surface area contributed by atoms with Gasteiger partial charge in [-0.3, -0.25) is 4.31 Å². The minimum atomic E-state index is -3.55. The molecule has 108 valence electrons. The van der Waals surface area contributed by atoms with Crippen LogP contribution in [0.15, 0.2) is 45.1 Å². The summed E-state index contributed by atoms with van der Waals surface area (Å²) in [6.07, 6.45) is 0. The fourth-order valence-electron chi connectivity index (χ4n) is 1.76. The molecule has 1 aromatic carbocycles. The summed E-state index contributed by atoms with van der Waals surface area (Å²) in [5, 5.41) is 3.02. The molecule has 0 saturated carbocycles. The Morgan fingerprint density at radius 2 is 1.95 bits per heavy atom. The monoisotopic (exact) mass is 374 g/mol. The van der Waals surface area contributed by atoms with Crippen LogP contribution < -0.4 is 9.62 Å². The first-order valence-corrected chi connectivity index (χ1v) is 8.98. The van der Waals surface area contributed by atoms with Crippen molar-refractivity contribution in [1.29, 1.82) is 0 Å². The molecule has 2 rings (SSSR count). The van der Waals surface area contributed by atoms with Gasteiger partial charge in [-0.2, -0.15) is 0 Å². The number of nitrogens with zero attached hydrogens (tertiary/aromatic N) is 1. The van der Waals surface area contributed by atoms with E-state index in [0.717, 1.165) is 4.88 Å². The van der Waals surface area contributed by atoms with Crippen molar-refractivity contribution in [3.05, 3.63) is 45.1 Å². The summed E-state index contributed by atoms with van der Waals surface area (Å²) in [6.45, 7) is 0.647. The maximum Gasteiger partial charge on any atom is 0.266 e. The van der Waals surface area contributed by atoms with E-state index in [1.54, 1.807) is 25.2 Å². The smallest absolute Gasteiger partial charge is 0.266 e. The maximum atomic E-state index is 12.7. The predicted octanol–water partition coefficient (Wildman–Crippen LogP) is 3.06. The third kappa shape index (κ3) is 3.06. The summed E-state index contributed by atoms with van der Waals surface area (Å²) < 4.78 is 27.2. The van der Waals surface area contributed by atoms with E-state index in [1.165, 1.54) is 15.6 Å². The topological polar surface area (TPSA) is 49.4 Å². The molecule has 0 aliphatic carbocycles. The van der Waals surface area contributed by atoms with Crippen molar-refractivity contribution >= 4 is 43.0 Å². The van der Waals surface area contributed by atoms with E-state index < -0.39 is 10.0 Å². The summed E-state index contributed by atoms with van der Waals surface area (Å²) >= 11 is 4.78. The molecule has 1 aromatic heterocycles. The molecule has 0 saturated heterocycles. The van der Waals surface area contributed by atoms with Crippen molar-refractivity contribution in [2.24, 2.45) is 0 Å². The number of benzene rings is 1. The van der Waals surface area contributed by atoms with E-state index >= 15 is 0 Å². The quantitative estimate of drug-likeness (QED) is 0.874. The van der Waals surface area contributed by atoms with Gasteiger partial charge in [-0.15, -0.1) is 11.3 Å². The molecule has 4 nitrogen and oxygen atoms in total. The van der Waals surface area contributed by atoms with E-state index in [1.807, 2.05) is 25.2 Å². The zero-order chi connectivity index (χ0) is 14.8. The lowest BCUT2D eigenvalue weighted by Crippen LogP contribution is -2.26. The summed E-state index contributed by atoms with van der Waals surface area (Å²) in [5.41, 5.74) is 0.640. The lowest BCUT2D eigenvalue weighted by molar-refractivity contribution is 0.594. The number of sulfonamides is 1. The number of nitrogens with one attached hydrogen (secondary N) is 1. The first-order valence-electron chi connectivity index (χ1n) is 5.93. The van der Waals surface area contributed by atoms with Gasteiger partial charge in [-0.1, -0.05) is 18.2 Å². The third-order valence-corrected chi connectivity index (χ3v) is 6.85. The van der Waals surface area contributed by atoms with Gasteiger partial charge in [-0.05, 0) is 41.2 Å². The Kier molecular flexibility index (Phi) is 4.85. The second kappa shape index (κ2) is 6.26. The minimum Gasteiger partial charge on any atom is -0.315 e. The zero-order valence-electron chi connectivity index (χ0n) is 11.1. The number of hydrogen-bond donors (Lipinski definition) is 1. The van der Waals surface area contributed by atoms with E-state index in [9.17, 15) is 8.42 Å². The third-order valence-electron chi connectivity index (χ3n) is 2.82. The van der Waals surface area contributed by atoms with E-state index in [4.69, 9.17) is 0 Å². The number of para-hydroxylation sites is 1. The van der Waals surface area contributed by atoms with Crippen LogP contribution in [0.5, 0.6) is 0 Å². The second-order valence-electron chi connectivity index (χ2n) is 4.19. The average molecular weight is 375 g/mol. The number of anilines is 1. The van der Waals surface area contributed by atoms with Gasteiger partial charge >= 0.3 is 0 Å². The Labute approximate surface area is 131 Å². The summed E-state index contributed by atoms with van der Waals surface area (Å²) in [4.78, 5) is 1.28. The Balaban J connectivity index is 2.40. The van der Waals surface area contributed by atoms with Crippen LogP contribution in [-0.4, -0.2) is 22.5 Å². The average Bonchev–Trinajstić information content (AvgIpc) is 2.81. The van der Waals surface area contributed by atoms with Crippen molar-refractivity contribution in [2.45, 2.75) is 11.4 Å². The SMILES string of the molecule is CNCc1cc(S(=O)(=O)N(C)c2ccccc2)c(Br)s1. The molecule has 0 atom stereocenters. The largest absolute Gasteiger partial charge is 0.315 e. The first kappa shape index (κ1) is 15.5. The Morgan fingerprint density at radius 3 is 2.55 bits per heavy atom. The number of thiophene rings is 1. The Bertz CT molecular complexity index is 684. The van der Waals surface area contributed by atoms with Crippen LogP contribution in [0, 0.1) is 0 Å². The summed E-state index contributed by atoms with van der Waals surface area (Å²) in [5.74, 6) is 0. The van der Waals surface area contributed by atoms with Crippen molar-refractivity contribution in [3.8, 4) is 0 Å². The van der Waals surface area contributed by atoms with Crippen LogP contribution in [0.1, 0.15) is 4.88 Å². The molecule has 0 radical (unpaired) electrons. The van der Waals surface area contributed by atoms with E-state index in [2.05, 4.69) is 21.2 Å². The second-order valence-corrected chi connectivity index (χ2v) is 8.58. The molecule has 0 bridgehead atoms. The maximum absolute atomic E-state index is 12.7. The summed E-state index contributed by atoms with van der Waals surface area (Å²) in [6, 6.07) is 10.7. The molecule has 0 aliphatic heterocycles. The fourth-order valence-corrected chi connectivity index (χ4v) is 5.60. The number of hydrogen-bond acceptors (Lipinski definition) is 4. The summed E-state index contributed by atoms with van der Waals surface area (Å²) in [7, 11) is -0.158. The van der Waals surface area contributed by atoms with Gasteiger partial charge in [0.15, 0.2) is 0 Å². The van der Waals surface area contributed by atoms with Gasteiger partial charge in [0.25, 0.3) is 10.0 Å². The van der Waals surface area contributed by atoms with Crippen LogP contribution in [0.3, 0.4) is 0 Å². The molecular weight excluding hydrogens is 360 g/mol. The van der Waals surface area contributed by atoms with Crippen LogP contribution >= 0.6 is 27.3 Å². The Morgan fingerprint density at radius 1 is 1.30 bits per heavy atom. The van der Waals surface area contributed by atoms with Crippen molar-refractivity contribution < 1.29 is 8.42 Å². The first-order chi connectivity index (χ1) is 9.46. The number of halogens is 1. The minimum absolute atomic E-state index is 0.305. The van der Waals surface area contributed by atoms with Crippen LogP contribution in [0.2, 0.25) is 0 Å². The zero-order valence-corrected chi connectivity index (χ0v) is 14.3. The van der Waals surface area contributed by atoms with Crippen molar-refractivity contribution in [1.82, 2.24) is 5.32 Å². The lowest BCUT2D eigenvalue weighted by atomic mass is 10.3. The van der Waals surface area contributed by atoms with E-state index in [0.29, 0.717) is 20.9 Å². The van der Waals surface area contributed by atoms with Gasteiger partial charge < -0.3 is 5.32 Å². The van der Waals surface area contributed by atoms with E-state index in [-0.39, 0.29) is 0 Å². The lowest BCUT2D eigenvalue weighted by Gasteiger charge is -2.18.